The molecule has 12 nitrogen and oxygen atoms in total. The smallest absolute Gasteiger partial charge is 0.354 e. The molecule has 2 aliphatic heterocycles. The fourth-order valence-corrected chi connectivity index (χ4v) is 5.10. The minimum absolute atomic E-state index is 0.109. The molecular weight excluding hydrogens is 496 g/mol. The second-order valence-electron chi connectivity index (χ2n) is 9.27. The van der Waals surface area contributed by atoms with E-state index >= 15 is 0 Å². The Morgan fingerprint density at radius 1 is 1.24 bits per heavy atom. The summed E-state index contributed by atoms with van der Waals surface area (Å²) in [5.41, 5.74) is 0.988. The lowest BCUT2D eigenvalue weighted by molar-refractivity contribution is -0.384. The van der Waals surface area contributed by atoms with Crippen molar-refractivity contribution in [2.24, 2.45) is 0 Å². The van der Waals surface area contributed by atoms with Crippen LogP contribution in [0.3, 0.4) is 0 Å². The lowest BCUT2D eigenvalue weighted by Gasteiger charge is -2.29. The molecule has 0 aliphatic carbocycles. The summed E-state index contributed by atoms with van der Waals surface area (Å²) in [4.78, 5) is 56.1. The number of likely N-dealkylation sites (tertiary alicyclic amines) is 1. The predicted octanol–water partition coefficient (Wildman–Crippen LogP) is 2.47. The highest BCUT2D eigenvalue weighted by atomic mass is 16.6. The molecule has 2 fully saturated rings. The van der Waals surface area contributed by atoms with E-state index in [9.17, 15) is 29.6 Å². The number of hydrogen-bond acceptors (Lipinski definition) is 9. The van der Waals surface area contributed by atoms with E-state index in [1.54, 1.807) is 19.9 Å². The maximum absolute atomic E-state index is 13.3. The van der Waals surface area contributed by atoms with Crippen LogP contribution in [0.25, 0.3) is 5.76 Å². The third-order valence-electron chi connectivity index (χ3n) is 6.98. The number of aryl methyl sites for hydroxylation is 1. The van der Waals surface area contributed by atoms with Gasteiger partial charge in [-0.15, -0.1) is 0 Å². The van der Waals surface area contributed by atoms with Crippen molar-refractivity contribution in [3.05, 3.63) is 68.0 Å². The fraction of sp³-hybridized carbons (Fsp3) is 0.423. The number of aliphatic hydroxyl groups is 1. The first kappa shape index (κ1) is 27.0. The number of aromatic amines is 1. The van der Waals surface area contributed by atoms with Gasteiger partial charge in [-0.1, -0.05) is 12.1 Å². The molecule has 1 aromatic heterocycles. The lowest BCUT2D eigenvalue weighted by Crippen LogP contribution is -2.39. The molecule has 0 unspecified atom stereocenters. The fourth-order valence-electron chi connectivity index (χ4n) is 5.10. The van der Waals surface area contributed by atoms with Crippen molar-refractivity contribution >= 4 is 29.1 Å². The maximum atomic E-state index is 13.3. The average Bonchev–Trinajstić information content (AvgIpc) is 3.35. The Morgan fingerprint density at radius 2 is 1.95 bits per heavy atom. The molecule has 0 saturated carbocycles. The molecule has 2 aliphatic rings. The number of aromatic nitrogens is 1. The zero-order valence-electron chi connectivity index (χ0n) is 21.5. The molecule has 1 aromatic carbocycles. The zero-order chi connectivity index (χ0) is 27.6. The third kappa shape index (κ3) is 5.04. The number of aliphatic hydroxyl groups excluding tert-OH is 1. The number of nitrogens with zero attached hydrogens (tertiary/aromatic N) is 3. The van der Waals surface area contributed by atoms with Crippen LogP contribution in [0.5, 0.6) is 0 Å². The highest BCUT2D eigenvalue weighted by molar-refractivity contribution is 6.46. The van der Waals surface area contributed by atoms with Crippen LogP contribution in [-0.2, 0) is 19.1 Å². The number of nitro benzene ring substituents is 1. The first-order valence-corrected chi connectivity index (χ1v) is 12.3. The van der Waals surface area contributed by atoms with Gasteiger partial charge in [0.15, 0.2) is 0 Å². The number of rotatable bonds is 8. The zero-order valence-corrected chi connectivity index (χ0v) is 21.5. The van der Waals surface area contributed by atoms with Gasteiger partial charge in [0.1, 0.15) is 11.5 Å². The number of ether oxygens (including phenoxy) is 2. The highest BCUT2D eigenvalue weighted by Crippen LogP contribution is 2.41. The molecule has 2 aromatic rings. The molecule has 4 rings (SSSR count). The number of Topliss-reactive ketones (excluding diaryl/α,β-unsaturated/α-hetero) is 1. The number of H-pyrrole nitrogens is 1. The molecule has 3 heterocycles. The number of morpholine rings is 1. The number of amides is 1. The lowest BCUT2D eigenvalue weighted by atomic mass is 9.93. The van der Waals surface area contributed by atoms with E-state index in [1.165, 1.54) is 30.2 Å². The number of ketones is 1. The molecule has 1 amide bonds. The van der Waals surface area contributed by atoms with Crippen molar-refractivity contribution in [3.8, 4) is 0 Å². The Balaban J connectivity index is 1.78. The van der Waals surface area contributed by atoms with E-state index < -0.39 is 34.4 Å². The summed E-state index contributed by atoms with van der Waals surface area (Å²) in [7, 11) is 1.22. The van der Waals surface area contributed by atoms with Gasteiger partial charge in [0.2, 0.25) is 0 Å². The summed E-state index contributed by atoms with van der Waals surface area (Å²) in [5, 5.41) is 22.9. The standard InChI is InChI=1S/C26H30N4O8/c1-15-19(16(2)27-21(15)26(34)37-3)23(31)20-22(17-6-4-7-18(14-17)30(35)36)29(25(33)24(20)32)9-5-8-28-10-12-38-13-11-28/h4,6-7,14,22,27,31H,5,8-13H2,1-3H3/b23-20+/t22-/m1/s1. The first-order chi connectivity index (χ1) is 18.1. The largest absolute Gasteiger partial charge is 0.507 e. The van der Waals surface area contributed by atoms with E-state index in [4.69, 9.17) is 9.47 Å². The van der Waals surface area contributed by atoms with Crippen LogP contribution in [-0.4, -0.2) is 89.0 Å². The Hall–Kier alpha value is -4.03. The van der Waals surface area contributed by atoms with Gasteiger partial charge < -0.3 is 24.5 Å². The van der Waals surface area contributed by atoms with Crippen LogP contribution in [0.2, 0.25) is 0 Å². The van der Waals surface area contributed by atoms with Gasteiger partial charge in [0.05, 0.1) is 36.9 Å². The molecule has 1 atom stereocenters. The van der Waals surface area contributed by atoms with Crippen LogP contribution in [0.1, 0.15) is 45.3 Å². The van der Waals surface area contributed by atoms with Crippen LogP contribution in [0.15, 0.2) is 29.8 Å². The molecule has 38 heavy (non-hydrogen) atoms. The third-order valence-corrected chi connectivity index (χ3v) is 6.98. The number of hydrogen-bond donors (Lipinski definition) is 2. The van der Waals surface area contributed by atoms with Crippen LogP contribution >= 0.6 is 0 Å². The summed E-state index contributed by atoms with van der Waals surface area (Å²) >= 11 is 0. The van der Waals surface area contributed by atoms with E-state index in [-0.39, 0.29) is 29.1 Å². The minimum atomic E-state index is -1.05. The molecular formula is C26H30N4O8. The topological polar surface area (TPSA) is 155 Å². The van der Waals surface area contributed by atoms with Gasteiger partial charge in [-0.05, 0) is 31.4 Å². The number of carbonyl (C=O) groups excluding carboxylic acids is 3. The van der Waals surface area contributed by atoms with Crippen LogP contribution in [0, 0.1) is 24.0 Å². The summed E-state index contributed by atoms with van der Waals surface area (Å²) in [5.74, 6) is -2.81. The van der Waals surface area contributed by atoms with E-state index in [1.807, 2.05) is 0 Å². The van der Waals surface area contributed by atoms with Crippen molar-refractivity contribution in [3.63, 3.8) is 0 Å². The number of carbonyl (C=O) groups is 3. The maximum Gasteiger partial charge on any atom is 0.354 e. The quantitative estimate of drug-likeness (QED) is 0.132. The van der Waals surface area contributed by atoms with E-state index in [0.717, 1.165) is 13.1 Å². The van der Waals surface area contributed by atoms with Crippen molar-refractivity contribution in [1.29, 1.82) is 0 Å². The monoisotopic (exact) mass is 526 g/mol. The molecule has 0 radical (unpaired) electrons. The number of non-ortho nitro benzene ring substituents is 1. The molecule has 2 saturated heterocycles. The van der Waals surface area contributed by atoms with Gasteiger partial charge in [0.25, 0.3) is 17.4 Å². The van der Waals surface area contributed by atoms with Crippen LogP contribution in [0.4, 0.5) is 5.69 Å². The second kappa shape index (κ2) is 11.2. The van der Waals surface area contributed by atoms with Gasteiger partial charge in [-0.3, -0.25) is 24.6 Å². The number of methoxy groups -OCH3 is 1. The second-order valence-corrected chi connectivity index (χ2v) is 9.27. The highest BCUT2D eigenvalue weighted by Gasteiger charge is 2.46. The van der Waals surface area contributed by atoms with Crippen molar-refractivity contribution < 1.29 is 33.9 Å². The molecule has 202 valence electrons. The Morgan fingerprint density at radius 3 is 2.61 bits per heavy atom. The summed E-state index contributed by atoms with van der Waals surface area (Å²) in [6.07, 6.45) is 0.549. The molecule has 0 bridgehead atoms. The summed E-state index contributed by atoms with van der Waals surface area (Å²) in [6, 6.07) is 4.63. The first-order valence-electron chi connectivity index (χ1n) is 12.3. The van der Waals surface area contributed by atoms with Crippen molar-refractivity contribution in [2.75, 3.05) is 46.5 Å². The Bertz CT molecular complexity index is 1310. The molecule has 2 N–H and O–H groups in total. The average molecular weight is 527 g/mol. The van der Waals surface area contributed by atoms with E-state index in [0.29, 0.717) is 43.0 Å². The minimum Gasteiger partial charge on any atom is -0.507 e. The van der Waals surface area contributed by atoms with Gasteiger partial charge in [-0.2, -0.15) is 0 Å². The van der Waals surface area contributed by atoms with Gasteiger partial charge in [0, 0.05) is 49.6 Å². The van der Waals surface area contributed by atoms with Gasteiger partial charge >= 0.3 is 5.97 Å². The number of nitro groups is 1. The number of benzene rings is 1. The summed E-state index contributed by atoms with van der Waals surface area (Å²) < 4.78 is 10.2. The molecule has 0 spiro atoms. The van der Waals surface area contributed by atoms with Gasteiger partial charge in [-0.25, -0.2) is 4.79 Å². The SMILES string of the molecule is COC(=O)c1[nH]c(C)c(/C(O)=C2\C(=O)C(=O)N(CCCN3CCOCC3)[C@@H]2c2cccc([N+](=O)[O-])c2)c1C. The Kier molecular flexibility index (Phi) is 7.93. The van der Waals surface area contributed by atoms with Crippen molar-refractivity contribution in [2.45, 2.75) is 26.3 Å². The van der Waals surface area contributed by atoms with Crippen molar-refractivity contribution in [1.82, 2.24) is 14.8 Å². The normalized spacial score (nSPS) is 19.7. The van der Waals surface area contributed by atoms with E-state index in [2.05, 4.69) is 9.88 Å². The Labute approximate surface area is 219 Å². The molecule has 12 heteroatoms. The predicted molar refractivity (Wildman–Crippen MR) is 136 cm³/mol. The van der Waals surface area contributed by atoms with Crippen LogP contribution < -0.4 is 0 Å². The summed E-state index contributed by atoms with van der Waals surface area (Å²) in [6.45, 7) is 6.86. The number of nitrogens with one attached hydrogen (secondary N) is 1. The number of esters is 1.